The van der Waals surface area contributed by atoms with Gasteiger partial charge in [0.05, 0.1) is 7.11 Å². The summed E-state index contributed by atoms with van der Waals surface area (Å²) in [6.45, 7) is 1.97. The van der Waals surface area contributed by atoms with Crippen molar-refractivity contribution in [1.29, 1.82) is 0 Å². The zero-order valence-corrected chi connectivity index (χ0v) is 14.8. The van der Waals surface area contributed by atoms with Crippen LogP contribution in [-0.4, -0.2) is 7.11 Å². The second-order valence-electron chi connectivity index (χ2n) is 5.58. The number of rotatable bonds is 8. The summed E-state index contributed by atoms with van der Waals surface area (Å²) >= 11 is 1.74. The van der Waals surface area contributed by atoms with Gasteiger partial charge in [0.1, 0.15) is 12.4 Å². The van der Waals surface area contributed by atoms with Gasteiger partial charge < -0.3 is 14.8 Å². The van der Waals surface area contributed by atoms with Crippen LogP contribution in [0.4, 0.5) is 4.39 Å². The number of benzene rings is 2. The Morgan fingerprint density at radius 1 is 0.960 bits per heavy atom. The molecular weight excluding hydrogens is 337 g/mol. The summed E-state index contributed by atoms with van der Waals surface area (Å²) in [4.78, 5) is 1.31. The van der Waals surface area contributed by atoms with Crippen molar-refractivity contribution in [3.63, 3.8) is 0 Å². The molecule has 0 bridgehead atoms. The van der Waals surface area contributed by atoms with E-state index >= 15 is 0 Å². The number of thiophene rings is 1. The zero-order valence-electron chi connectivity index (χ0n) is 14.0. The molecule has 0 radical (unpaired) electrons. The Labute approximate surface area is 151 Å². The van der Waals surface area contributed by atoms with E-state index in [-0.39, 0.29) is 5.82 Å². The van der Waals surface area contributed by atoms with Gasteiger partial charge in [0.2, 0.25) is 0 Å². The molecule has 1 heterocycles. The molecule has 2 aromatic carbocycles. The minimum absolute atomic E-state index is 0.249. The number of hydrogen-bond donors (Lipinski definition) is 1. The molecule has 5 heteroatoms. The smallest absolute Gasteiger partial charge is 0.161 e. The number of nitrogens with one attached hydrogen (secondary N) is 1. The van der Waals surface area contributed by atoms with E-state index in [0.29, 0.717) is 18.1 Å². The van der Waals surface area contributed by atoms with Crippen LogP contribution in [0.5, 0.6) is 11.5 Å². The van der Waals surface area contributed by atoms with Crippen LogP contribution in [0.2, 0.25) is 0 Å². The predicted molar refractivity (Wildman–Crippen MR) is 98.6 cm³/mol. The van der Waals surface area contributed by atoms with E-state index in [1.165, 1.54) is 17.0 Å². The highest BCUT2D eigenvalue weighted by atomic mass is 32.1. The summed E-state index contributed by atoms with van der Waals surface area (Å²) in [5.74, 6) is 1.12. The summed E-state index contributed by atoms with van der Waals surface area (Å²) in [6.07, 6.45) is 0. The van der Waals surface area contributed by atoms with Crippen LogP contribution >= 0.6 is 11.3 Å². The minimum atomic E-state index is -0.249. The maximum Gasteiger partial charge on any atom is 0.161 e. The molecule has 0 spiro atoms. The van der Waals surface area contributed by atoms with E-state index in [9.17, 15) is 4.39 Å². The Morgan fingerprint density at radius 3 is 2.48 bits per heavy atom. The SMILES string of the molecule is COc1cc(CNCc2cccs2)ccc1OCc1ccc(F)cc1. The van der Waals surface area contributed by atoms with E-state index in [4.69, 9.17) is 9.47 Å². The van der Waals surface area contributed by atoms with Crippen molar-refractivity contribution in [3.05, 3.63) is 81.8 Å². The van der Waals surface area contributed by atoms with Gasteiger partial charge >= 0.3 is 0 Å². The van der Waals surface area contributed by atoms with Gasteiger partial charge in [-0.1, -0.05) is 24.3 Å². The Bertz CT molecular complexity index is 788. The van der Waals surface area contributed by atoms with Crippen LogP contribution in [0.1, 0.15) is 16.0 Å². The molecule has 3 aromatic rings. The second-order valence-corrected chi connectivity index (χ2v) is 6.62. The Balaban J connectivity index is 1.57. The van der Waals surface area contributed by atoms with Crippen LogP contribution in [0.3, 0.4) is 0 Å². The average molecular weight is 357 g/mol. The van der Waals surface area contributed by atoms with Crippen molar-refractivity contribution in [2.75, 3.05) is 7.11 Å². The number of methoxy groups -OCH3 is 1. The molecule has 0 unspecified atom stereocenters. The van der Waals surface area contributed by atoms with Crippen molar-refractivity contribution in [2.24, 2.45) is 0 Å². The van der Waals surface area contributed by atoms with Gasteiger partial charge in [-0.15, -0.1) is 11.3 Å². The van der Waals surface area contributed by atoms with Gasteiger partial charge in [0, 0.05) is 18.0 Å². The van der Waals surface area contributed by atoms with Crippen molar-refractivity contribution in [3.8, 4) is 11.5 Å². The summed E-state index contributed by atoms with van der Waals surface area (Å²) in [6, 6.07) is 16.4. The standard InChI is InChI=1S/C20H20FNO2S/c1-23-20-11-16(12-22-13-18-3-2-10-25-18)6-9-19(20)24-14-15-4-7-17(21)8-5-15/h2-11,22H,12-14H2,1H3. The molecule has 0 aliphatic carbocycles. The first-order valence-corrected chi connectivity index (χ1v) is 8.90. The largest absolute Gasteiger partial charge is 0.493 e. The highest BCUT2D eigenvalue weighted by Gasteiger charge is 2.07. The van der Waals surface area contributed by atoms with Crippen LogP contribution in [0.15, 0.2) is 60.0 Å². The lowest BCUT2D eigenvalue weighted by Gasteiger charge is -2.13. The number of hydrogen-bond acceptors (Lipinski definition) is 4. The number of ether oxygens (including phenoxy) is 2. The highest BCUT2D eigenvalue weighted by Crippen LogP contribution is 2.29. The summed E-state index contributed by atoms with van der Waals surface area (Å²) in [7, 11) is 1.63. The van der Waals surface area contributed by atoms with E-state index in [2.05, 4.69) is 22.8 Å². The fraction of sp³-hybridized carbons (Fsp3) is 0.200. The molecule has 0 saturated heterocycles. The monoisotopic (exact) mass is 357 g/mol. The quantitative estimate of drug-likeness (QED) is 0.630. The average Bonchev–Trinajstić information content (AvgIpc) is 3.15. The molecule has 1 N–H and O–H groups in total. The Kier molecular flexibility index (Phi) is 6.04. The molecule has 0 saturated carbocycles. The van der Waals surface area contributed by atoms with Gasteiger partial charge in [-0.05, 0) is 46.8 Å². The molecule has 0 aliphatic heterocycles. The van der Waals surface area contributed by atoms with Crippen molar-refractivity contribution in [2.45, 2.75) is 19.7 Å². The van der Waals surface area contributed by atoms with Crippen molar-refractivity contribution in [1.82, 2.24) is 5.32 Å². The second kappa shape index (κ2) is 8.65. The normalized spacial score (nSPS) is 10.6. The van der Waals surface area contributed by atoms with Gasteiger partial charge in [0.25, 0.3) is 0 Å². The molecular formula is C20H20FNO2S. The lowest BCUT2D eigenvalue weighted by Crippen LogP contribution is -2.11. The first-order valence-electron chi connectivity index (χ1n) is 8.02. The lowest BCUT2D eigenvalue weighted by molar-refractivity contribution is 0.284. The van der Waals surface area contributed by atoms with Gasteiger partial charge in [-0.3, -0.25) is 0 Å². The van der Waals surface area contributed by atoms with E-state index in [1.54, 1.807) is 30.6 Å². The molecule has 130 valence electrons. The molecule has 3 rings (SSSR count). The van der Waals surface area contributed by atoms with Crippen LogP contribution in [-0.2, 0) is 19.7 Å². The van der Waals surface area contributed by atoms with Crippen molar-refractivity contribution >= 4 is 11.3 Å². The molecule has 0 amide bonds. The third kappa shape index (κ3) is 5.05. The summed E-state index contributed by atoms with van der Waals surface area (Å²) in [5.41, 5.74) is 2.03. The van der Waals surface area contributed by atoms with E-state index in [0.717, 1.165) is 24.2 Å². The zero-order chi connectivity index (χ0) is 17.5. The van der Waals surface area contributed by atoms with E-state index < -0.39 is 0 Å². The third-order valence-electron chi connectivity index (χ3n) is 3.74. The molecule has 0 atom stereocenters. The molecule has 0 aliphatic rings. The van der Waals surface area contributed by atoms with Crippen LogP contribution in [0, 0.1) is 5.82 Å². The molecule has 0 fully saturated rings. The third-order valence-corrected chi connectivity index (χ3v) is 4.62. The van der Waals surface area contributed by atoms with Gasteiger partial charge in [0.15, 0.2) is 11.5 Å². The molecule has 3 nitrogen and oxygen atoms in total. The fourth-order valence-electron chi connectivity index (χ4n) is 2.43. The lowest BCUT2D eigenvalue weighted by atomic mass is 10.2. The fourth-order valence-corrected chi connectivity index (χ4v) is 3.10. The topological polar surface area (TPSA) is 30.5 Å². The first-order chi connectivity index (χ1) is 12.2. The van der Waals surface area contributed by atoms with Crippen LogP contribution < -0.4 is 14.8 Å². The van der Waals surface area contributed by atoms with Crippen LogP contribution in [0.25, 0.3) is 0 Å². The number of halogens is 1. The minimum Gasteiger partial charge on any atom is -0.493 e. The predicted octanol–water partition coefficient (Wildman–Crippen LogP) is 4.76. The highest BCUT2D eigenvalue weighted by molar-refractivity contribution is 7.09. The summed E-state index contributed by atoms with van der Waals surface area (Å²) in [5, 5.41) is 5.49. The van der Waals surface area contributed by atoms with Gasteiger partial charge in [-0.25, -0.2) is 4.39 Å². The first kappa shape index (κ1) is 17.5. The van der Waals surface area contributed by atoms with E-state index in [1.807, 2.05) is 18.2 Å². The summed E-state index contributed by atoms with van der Waals surface area (Å²) < 4.78 is 24.2. The van der Waals surface area contributed by atoms with Gasteiger partial charge in [-0.2, -0.15) is 0 Å². The Morgan fingerprint density at radius 2 is 1.76 bits per heavy atom. The maximum absolute atomic E-state index is 12.9. The molecule has 1 aromatic heterocycles. The van der Waals surface area contributed by atoms with Crippen molar-refractivity contribution < 1.29 is 13.9 Å². The maximum atomic E-state index is 12.9. The molecule has 25 heavy (non-hydrogen) atoms. The Hall–Kier alpha value is -2.37.